The van der Waals surface area contributed by atoms with Crippen molar-refractivity contribution in [2.45, 2.75) is 32.7 Å². The zero-order chi connectivity index (χ0) is 8.97. The smallest absolute Gasteiger partial charge is 0.105 e. The van der Waals surface area contributed by atoms with E-state index >= 15 is 0 Å². The van der Waals surface area contributed by atoms with E-state index < -0.39 is 0 Å². The Balaban J connectivity index is 2.44. The zero-order valence-corrected chi connectivity index (χ0v) is 7.94. The topological polar surface area (TPSA) is 12.0 Å². The Morgan fingerprint density at radius 1 is 1.67 bits per heavy atom. The third kappa shape index (κ3) is 2.59. The highest BCUT2D eigenvalue weighted by atomic mass is 19.1. The highest BCUT2D eigenvalue weighted by molar-refractivity contribution is 5.08. The van der Waals surface area contributed by atoms with Crippen LogP contribution in [0, 0.1) is 5.92 Å². The second-order valence-corrected chi connectivity index (χ2v) is 3.73. The summed E-state index contributed by atoms with van der Waals surface area (Å²) in [6.07, 6.45) is 4.21. The molecule has 0 spiro atoms. The number of rotatable bonds is 2. The van der Waals surface area contributed by atoms with Crippen LogP contribution in [0.25, 0.3) is 0 Å². The maximum Gasteiger partial charge on any atom is 0.105 e. The van der Waals surface area contributed by atoms with Crippen LogP contribution >= 0.6 is 0 Å². The Morgan fingerprint density at radius 2 is 2.42 bits per heavy atom. The fourth-order valence-electron chi connectivity index (χ4n) is 1.56. The fraction of sp³-hybridized carbons (Fsp3) is 0.800. The van der Waals surface area contributed by atoms with Gasteiger partial charge in [-0.15, -0.1) is 0 Å². The maximum absolute atomic E-state index is 12.3. The van der Waals surface area contributed by atoms with Gasteiger partial charge < -0.3 is 5.32 Å². The van der Waals surface area contributed by atoms with Gasteiger partial charge in [-0.25, -0.2) is 4.39 Å². The van der Waals surface area contributed by atoms with Crippen LogP contribution in [0.1, 0.15) is 26.7 Å². The molecule has 0 saturated heterocycles. The average Bonchev–Trinajstić information content (AvgIpc) is 2.28. The molecule has 2 heteroatoms. The third-order valence-electron chi connectivity index (χ3n) is 2.48. The molecule has 1 nitrogen and oxygen atoms in total. The van der Waals surface area contributed by atoms with E-state index in [1.807, 2.05) is 0 Å². The molecular weight excluding hydrogens is 153 g/mol. The molecule has 1 heterocycles. The standard InChI is InChI=1S/C10H18FN/c1-8(2)9-3-4-10(7-11)12-6-5-9/h5,8,10,12H,3-4,6-7H2,1-2H3. The van der Waals surface area contributed by atoms with Crippen LogP contribution < -0.4 is 5.32 Å². The van der Waals surface area contributed by atoms with Gasteiger partial charge in [0.25, 0.3) is 0 Å². The highest BCUT2D eigenvalue weighted by Crippen LogP contribution is 2.18. The van der Waals surface area contributed by atoms with Crippen LogP contribution in [0.5, 0.6) is 0 Å². The van der Waals surface area contributed by atoms with Crippen LogP contribution in [-0.4, -0.2) is 19.3 Å². The van der Waals surface area contributed by atoms with Gasteiger partial charge >= 0.3 is 0 Å². The van der Waals surface area contributed by atoms with E-state index in [-0.39, 0.29) is 12.7 Å². The quantitative estimate of drug-likeness (QED) is 0.628. The van der Waals surface area contributed by atoms with E-state index in [0.717, 1.165) is 19.4 Å². The molecule has 1 rings (SSSR count). The molecule has 1 atom stereocenters. The van der Waals surface area contributed by atoms with Gasteiger partial charge in [-0.1, -0.05) is 25.5 Å². The monoisotopic (exact) mass is 171 g/mol. The molecular formula is C10H18FN. The molecule has 0 saturated carbocycles. The summed E-state index contributed by atoms with van der Waals surface area (Å²) in [7, 11) is 0. The largest absolute Gasteiger partial charge is 0.308 e. The van der Waals surface area contributed by atoms with Gasteiger partial charge in [0, 0.05) is 12.6 Å². The van der Waals surface area contributed by atoms with Crippen LogP contribution in [0.15, 0.2) is 11.6 Å². The molecule has 70 valence electrons. The SMILES string of the molecule is CC(C)C1=CCNC(CF)CC1. The van der Waals surface area contributed by atoms with Crippen molar-refractivity contribution in [2.75, 3.05) is 13.2 Å². The molecule has 1 unspecified atom stereocenters. The van der Waals surface area contributed by atoms with E-state index in [2.05, 4.69) is 25.2 Å². The van der Waals surface area contributed by atoms with Crippen molar-refractivity contribution in [3.8, 4) is 0 Å². The van der Waals surface area contributed by atoms with Crippen molar-refractivity contribution < 1.29 is 4.39 Å². The van der Waals surface area contributed by atoms with E-state index in [4.69, 9.17) is 0 Å². The van der Waals surface area contributed by atoms with Crippen LogP contribution in [0.2, 0.25) is 0 Å². The van der Waals surface area contributed by atoms with Crippen molar-refractivity contribution in [3.63, 3.8) is 0 Å². The van der Waals surface area contributed by atoms with Gasteiger partial charge in [-0.3, -0.25) is 0 Å². The first-order chi connectivity index (χ1) is 5.74. The van der Waals surface area contributed by atoms with Gasteiger partial charge in [0.15, 0.2) is 0 Å². The predicted molar refractivity (Wildman–Crippen MR) is 49.9 cm³/mol. The number of allylic oxidation sites excluding steroid dienone is 1. The summed E-state index contributed by atoms with van der Waals surface area (Å²) in [5, 5.41) is 3.16. The molecule has 0 fully saturated rings. The van der Waals surface area contributed by atoms with Crippen LogP contribution in [0.3, 0.4) is 0 Å². The molecule has 12 heavy (non-hydrogen) atoms. The van der Waals surface area contributed by atoms with E-state index in [9.17, 15) is 4.39 Å². The lowest BCUT2D eigenvalue weighted by atomic mass is 9.97. The number of nitrogens with one attached hydrogen (secondary N) is 1. The van der Waals surface area contributed by atoms with Crippen molar-refractivity contribution >= 4 is 0 Å². The summed E-state index contributed by atoms with van der Waals surface area (Å²) < 4.78 is 12.3. The maximum atomic E-state index is 12.3. The number of halogens is 1. The first-order valence-electron chi connectivity index (χ1n) is 4.72. The van der Waals surface area contributed by atoms with Gasteiger partial charge in [-0.05, 0) is 18.8 Å². The third-order valence-corrected chi connectivity index (χ3v) is 2.48. The number of alkyl halides is 1. The average molecular weight is 171 g/mol. The second-order valence-electron chi connectivity index (χ2n) is 3.73. The lowest BCUT2D eigenvalue weighted by Gasteiger charge is -2.11. The van der Waals surface area contributed by atoms with Gasteiger partial charge in [0.2, 0.25) is 0 Å². The Kier molecular flexibility index (Phi) is 3.73. The minimum Gasteiger partial charge on any atom is -0.308 e. The fourth-order valence-corrected chi connectivity index (χ4v) is 1.56. The second kappa shape index (κ2) is 4.61. The first kappa shape index (κ1) is 9.72. The molecule has 1 N–H and O–H groups in total. The lowest BCUT2D eigenvalue weighted by Crippen LogP contribution is -2.29. The predicted octanol–water partition coefficient (Wildman–Crippen LogP) is 2.29. The summed E-state index contributed by atoms with van der Waals surface area (Å²) in [5.74, 6) is 0.616. The molecule has 0 aromatic heterocycles. The molecule has 0 aromatic carbocycles. The molecule has 0 amide bonds. The molecule has 0 aromatic rings. The summed E-state index contributed by atoms with van der Waals surface area (Å²) in [4.78, 5) is 0. The van der Waals surface area contributed by atoms with E-state index in [1.165, 1.54) is 5.57 Å². The Bertz CT molecular complexity index is 163. The van der Waals surface area contributed by atoms with Gasteiger partial charge in [-0.2, -0.15) is 0 Å². The summed E-state index contributed by atoms with van der Waals surface area (Å²) in [6.45, 7) is 4.99. The molecule has 0 aliphatic carbocycles. The summed E-state index contributed by atoms with van der Waals surface area (Å²) >= 11 is 0. The zero-order valence-electron chi connectivity index (χ0n) is 7.94. The summed E-state index contributed by atoms with van der Waals surface area (Å²) in [6, 6.07) is 0.0810. The van der Waals surface area contributed by atoms with Crippen molar-refractivity contribution in [1.29, 1.82) is 0 Å². The van der Waals surface area contributed by atoms with Crippen LogP contribution in [0.4, 0.5) is 4.39 Å². The van der Waals surface area contributed by atoms with Crippen molar-refractivity contribution in [3.05, 3.63) is 11.6 Å². The van der Waals surface area contributed by atoms with Gasteiger partial charge in [0.05, 0.1) is 0 Å². The van der Waals surface area contributed by atoms with Crippen molar-refractivity contribution in [2.24, 2.45) is 5.92 Å². The van der Waals surface area contributed by atoms with E-state index in [1.54, 1.807) is 0 Å². The van der Waals surface area contributed by atoms with E-state index in [0.29, 0.717) is 5.92 Å². The molecule has 1 aliphatic heterocycles. The molecule has 1 aliphatic rings. The van der Waals surface area contributed by atoms with Crippen molar-refractivity contribution in [1.82, 2.24) is 5.32 Å². The Labute approximate surface area is 74.0 Å². The lowest BCUT2D eigenvalue weighted by molar-refractivity contribution is 0.371. The molecule has 0 bridgehead atoms. The minimum atomic E-state index is -0.237. The Hall–Kier alpha value is -0.370. The molecule has 0 radical (unpaired) electrons. The summed E-state index contributed by atoms with van der Waals surface area (Å²) in [5.41, 5.74) is 1.47. The normalized spacial score (nSPS) is 25.3. The van der Waals surface area contributed by atoms with Gasteiger partial charge in [0.1, 0.15) is 6.67 Å². The highest BCUT2D eigenvalue weighted by Gasteiger charge is 2.13. The first-order valence-corrected chi connectivity index (χ1v) is 4.72. The number of hydrogen-bond donors (Lipinski definition) is 1. The van der Waals surface area contributed by atoms with Crippen LogP contribution in [-0.2, 0) is 0 Å². The number of hydrogen-bond acceptors (Lipinski definition) is 1. The minimum absolute atomic E-state index is 0.0810. The Morgan fingerprint density at radius 3 is 3.00 bits per heavy atom.